The van der Waals surface area contributed by atoms with Crippen LogP contribution in [-0.4, -0.2) is 28.8 Å². The number of benzene rings is 2. The zero-order valence-corrected chi connectivity index (χ0v) is 17.7. The summed E-state index contributed by atoms with van der Waals surface area (Å²) in [5.41, 5.74) is 2.36. The van der Waals surface area contributed by atoms with Crippen molar-refractivity contribution in [1.82, 2.24) is 10.2 Å². The Balaban J connectivity index is 2.33. The van der Waals surface area contributed by atoms with Gasteiger partial charge in [0.15, 0.2) is 0 Å². The van der Waals surface area contributed by atoms with Crippen molar-refractivity contribution < 1.29 is 14.0 Å². The molecule has 5 heteroatoms. The summed E-state index contributed by atoms with van der Waals surface area (Å²) in [6, 6.07) is 13.5. The van der Waals surface area contributed by atoms with Crippen LogP contribution in [0.2, 0.25) is 0 Å². The molecular weight excluding hydrogens is 367 g/mol. The van der Waals surface area contributed by atoms with Gasteiger partial charge < -0.3 is 10.2 Å². The van der Waals surface area contributed by atoms with E-state index < -0.39 is 11.9 Å². The molecule has 29 heavy (non-hydrogen) atoms. The highest BCUT2D eigenvalue weighted by Gasteiger charge is 2.29. The Morgan fingerprint density at radius 1 is 1.00 bits per heavy atom. The van der Waals surface area contributed by atoms with E-state index in [1.54, 1.807) is 23.1 Å². The summed E-state index contributed by atoms with van der Waals surface area (Å²) in [5, 5.41) is 2.98. The monoisotopic (exact) mass is 398 g/mol. The lowest BCUT2D eigenvalue weighted by Gasteiger charge is -2.32. The van der Waals surface area contributed by atoms with Crippen LogP contribution in [0, 0.1) is 12.7 Å². The lowest BCUT2D eigenvalue weighted by molar-refractivity contribution is -0.141. The first-order chi connectivity index (χ1) is 13.9. The summed E-state index contributed by atoms with van der Waals surface area (Å²) in [4.78, 5) is 27.7. The predicted octanol–water partition coefficient (Wildman–Crippen LogP) is 4.40. The summed E-state index contributed by atoms with van der Waals surface area (Å²) >= 11 is 0. The van der Waals surface area contributed by atoms with Gasteiger partial charge in [0.25, 0.3) is 0 Å². The zero-order valence-electron chi connectivity index (χ0n) is 17.7. The Kier molecular flexibility index (Phi) is 8.37. The predicted molar refractivity (Wildman–Crippen MR) is 114 cm³/mol. The Labute approximate surface area is 173 Å². The topological polar surface area (TPSA) is 49.4 Å². The highest BCUT2D eigenvalue weighted by Crippen LogP contribution is 2.18. The van der Waals surface area contributed by atoms with Gasteiger partial charge in [-0.05, 0) is 49.4 Å². The van der Waals surface area contributed by atoms with Crippen molar-refractivity contribution in [2.24, 2.45) is 0 Å². The highest BCUT2D eigenvalue weighted by atomic mass is 19.1. The van der Waals surface area contributed by atoms with Crippen molar-refractivity contribution in [1.29, 1.82) is 0 Å². The second kappa shape index (κ2) is 10.7. The molecule has 2 aromatic carbocycles. The van der Waals surface area contributed by atoms with E-state index in [0.717, 1.165) is 17.5 Å². The van der Waals surface area contributed by atoms with Gasteiger partial charge in [0.1, 0.15) is 11.9 Å². The molecule has 0 bridgehead atoms. The standard InChI is InChI=1S/C24H31FN2O2/c1-5-18(4)26-24(29)22(6-2)27(16-20-13-8-7-11-17(20)3)23(28)15-19-12-9-10-14-21(19)25/h7-14,18,22H,5-6,15-16H2,1-4H3,(H,26,29)/t18-,22-/m1/s1. The van der Waals surface area contributed by atoms with Crippen LogP contribution in [0.4, 0.5) is 4.39 Å². The summed E-state index contributed by atoms with van der Waals surface area (Å²) in [7, 11) is 0. The number of rotatable bonds is 9. The van der Waals surface area contributed by atoms with Gasteiger partial charge in [-0.15, -0.1) is 0 Å². The molecule has 0 spiro atoms. The summed E-state index contributed by atoms with van der Waals surface area (Å²) in [5.74, 6) is -0.837. The molecular formula is C24H31FN2O2. The molecule has 0 aromatic heterocycles. The van der Waals surface area contributed by atoms with Gasteiger partial charge in [-0.3, -0.25) is 9.59 Å². The van der Waals surface area contributed by atoms with Crippen LogP contribution in [0.3, 0.4) is 0 Å². The van der Waals surface area contributed by atoms with E-state index in [1.165, 1.54) is 6.07 Å². The maximum absolute atomic E-state index is 14.1. The molecule has 156 valence electrons. The summed E-state index contributed by atoms with van der Waals surface area (Å²) in [6.07, 6.45) is 1.21. The first kappa shape index (κ1) is 22.6. The molecule has 0 fully saturated rings. The number of carbonyl (C=O) groups excluding carboxylic acids is 2. The Morgan fingerprint density at radius 3 is 2.21 bits per heavy atom. The molecule has 0 radical (unpaired) electrons. The van der Waals surface area contributed by atoms with Crippen molar-refractivity contribution in [2.75, 3.05) is 0 Å². The molecule has 0 unspecified atom stereocenters. The van der Waals surface area contributed by atoms with Gasteiger partial charge >= 0.3 is 0 Å². The maximum Gasteiger partial charge on any atom is 0.243 e. The Morgan fingerprint density at radius 2 is 1.62 bits per heavy atom. The number of nitrogens with one attached hydrogen (secondary N) is 1. The number of aryl methyl sites for hydroxylation is 1. The molecule has 0 aliphatic rings. The van der Waals surface area contributed by atoms with Crippen molar-refractivity contribution in [3.63, 3.8) is 0 Å². The molecule has 0 heterocycles. The lowest BCUT2D eigenvalue weighted by atomic mass is 10.0. The first-order valence-electron chi connectivity index (χ1n) is 10.2. The Bertz CT molecular complexity index is 837. The molecule has 2 rings (SSSR count). The fraction of sp³-hybridized carbons (Fsp3) is 0.417. The SMILES string of the molecule is CC[C@@H](C)NC(=O)[C@@H](CC)N(Cc1ccccc1C)C(=O)Cc1ccccc1F. The van der Waals surface area contributed by atoms with E-state index in [-0.39, 0.29) is 24.3 Å². The van der Waals surface area contributed by atoms with Gasteiger partial charge in [-0.2, -0.15) is 0 Å². The van der Waals surface area contributed by atoms with Crippen LogP contribution in [0.1, 0.15) is 50.3 Å². The smallest absolute Gasteiger partial charge is 0.243 e. The molecule has 0 aliphatic heterocycles. The van der Waals surface area contributed by atoms with Crippen LogP contribution < -0.4 is 5.32 Å². The van der Waals surface area contributed by atoms with Crippen LogP contribution in [0.5, 0.6) is 0 Å². The van der Waals surface area contributed by atoms with E-state index in [1.807, 2.05) is 52.0 Å². The van der Waals surface area contributed by atoms with E-state index in [2.05, 4.69) is 5.32 Å². The average molecular weight is 399 g/mol. The number of hydrogen-bond acceptors (Lipinski definition) is 2. The van der Waals surface area contributed by atoms with Gasteiger partial charge in [-0.1, -0.05) is 56.3 Å². The van der Waals surface area contributed by atoms with E-state index in [9.17, 15) is 14.0 Å². The highest BCUT2D eigenvalue weighted by molar-refractivity contribution is 5.88. The van der Waals surface area contributed by atoms with Gasteiger partial charge in [0, 0.05) is 12.6 Å². The van der Waals surface area contributed by atoms with Crippen LogP contribution in [0.25, 0.3) is 0 Å². The molecule has 0 aliphatic carbocycles. The van der Waals surface area contributed by atoms with Crippen molar-refractivity contribution >= 4 is 11.8 Å². The normalized spacial score (nSPS) is 12.9. The van der Waals surface area contributed by atoms with Crippen molar-refractivity contribution in [2.45, 2.75) is 65.6 Å². The van der Waals surface area contributed by atoms with Gasteiger partial charge in [-0.25, -0.2) is 4.39 Å². The molecule has 4 nitrogen and oxygen atoms in total. The van der Waals surface area contributed by atoms with E-state index in [0.29, 0.717) is 18.5 Å². The second-order valence-electron chi connectivity index (χ2n) is 7.46. The molecule has 2 aromatic rings. The molecule has 0 saturated carbocycles. The largest absolute Gasteiger partial charge is 0.352 e. The molecule has 1 N–H and O–H groups in total. The Hall–Kier alpha value is -2.69. The lowest BCUT2D eigenvalue weighted by Crippen LogP contribution is -2.51. The van der Waals surface area contributed by atoms with Crippen LogP contribution >= 0.6 is 0 Å². The number of carbonyl (C=O) groups is 2. The zero-order chi connectivity index (χ0) is 21.4. The van der Waals surface area contributed by atoms with Gasteiger partial charge in [0.05, 0.1) is 6.42 Å². The third-order valence-corrected chi connectivity index (χ3v) is 5.29. The minimum Gasteiger partial charge on any atom is -0.352 e. The first-order valence-corrected chi connectivity index (χ1v) is 10.2. The average Bonchev–Trinajstić information content (AvgIpc) is 2.70. The summed E-state index contributed by atoms with van der Waals surface area (Å²) < 4.78 is 14.1. The molecule has 2 amide bonds. The summed E-state index contributed by atoms with van der Waals surface area (Å²) in [6.45, 7) is 8.13. The van der Waals surface area contributed by atoms with E-state index in [4.69, 9.17) is 0 Å². The minimum atomic E-state index is -0.608. The fourth-order valence-corrected chi connectivity index (χ4v) is 3.24. The van der Waals surface area contributed by atoms with Gasteiger partial charge in [0.2, 0.25) is 11.8 Å². The number of halogens is 1. The number of hydrogen-bond donors (Lipinski definition) is 1. The molecule has 2 atom stereocenters. The van der Waals surface area contributed by atoms with Crippen LogP contribution in [-0.2, 0) is 22.6 Å². The third kappa shape index (κ3) is 6.14. The van der Waals surface area contributed by atoms with Crippen molar-refractivity contribution in [3.8, 4) is 0 Å². The number of nitrogens with zero attached hydrogens (tertiary/aromatic N) is 1. The maximum atomic E-state index is 14.1. The minimum absolute atomic E-state index is 0.0264. The fourth-order valence-electron chi connectivity index (χ4n) is 3.24. The second-order valence-corrected chi connectivity index (χ2v) is 7.46. The number of amides is 2. The quantitative estimate of drug-likeness (QED) is 0.681. The molecule has 0 saturated heterocycles. The third-order valence-electron chi connectivity index (χ3n) is 5.29. The van der Waals surface area contributed by atoms with E-state index >= 15 is 0 Å². The van der Waals surface area contributed by atoms with Crippen LogP contribution in [0.15, 0.2) is 48.5 Å². The van der Waals surface area contributed by atoms with Crippen molar-refractivity contribution in [3.05, 3.63) is 71.0 Å².